The van der Waals surface area contributed by atoms with Crippen molar-refractivity contribution >= 4 is 29.2 Å². The van der Waals surface area contributed by atoms with Crippen LogP contribution in [-0.4, -0.2) is 22.6 Å². The molecule has 6 heteroatoms. The van der Waals surface area contributed by atoms with Crippen molar-refractivity contribution in [1.82, 2.24) is 5.01 Å². The first-order chi connectivity index (χ1) is 12.5. The minimum absolute atomic E-state index is 0.115. The first-order valence-corrected chi connectivity index (χ1v) is 8.82. The molecule has 0 unspecified atom stereocenters. The van der Waals surface area contributed by atoms with E-state index in [-0.39, 0.29) is 31.2 Å². The molecule has 1 atom stereocenters. The lowest BCUT2D eigenvalue weighted by atomic mass is 9.98. The van der Waals surface area contributed by atoms with Crippen LogP contribution in [0.1, 0.15) is 42.9 Å². The van der Waals surface area contributed by atoms with Gasteiger partial charge in [0.15, 0.2) is 0 Å². The van der Waals surface area contributed by atoms with Gasteiger partial charge in [-0.05, 0) is 36.1 Å². The molecule has 2 aromatic rings. The van der Waals surface area contributed by atoms with Gasteiger partial charge in [-0.2, -0.15) is 5.10 Å². The second kappa shape index (κ2) is 8.15. The number of carboxylic acid groups (broad SMARTS) is 1. The number of aliphatic carboxylic acids is 1. The minimum atomic E-state index is -1.15. The molecular weight excluding hydrogens is 352 g/mol. The Morgan fingerprint density at radius 3 is 2.42 bits per heavy atom. The topological polar surface area (TPSA) is 72.8 Å². The Balaban J connectivity index is 1.83. The predicted octanol–water partition coefficient (Wildman–Crippen LogP) is 2.94. The molecule has 0 bridgehead atoms. The molecule has 26 heavy (non-hydrogen) atoms. The van der Waals surface area contributed by atoms with Gasteiger partial charge in [0, 0.05) is 23.8 Å². The second-order valence-corrected chi connectivity index (χ2v) is 6.58. The number of amides is 1. The highest BCUT2D eigenvalue weighted by atomic mass is 35.5. The zero-order chi connectivity index (χ0) is 18.5. The maximum atomic E-state index is 12.6. The predicted molar refractivity (Wildman–Crippen MR) is 97.5 cm³/mol. The van der Waals surface area contributed by atoms with E-state index in [1.54, 1.807) is 12.1 Å². The normalized spacial score (nSPS) is 16.4. The third-order valence-corrected chi connectivity index (χ3v) is 4.55. The van der Waals surface area contributed by atoms with Crippen molar-refractivity contribution in [2.24, 2.45) is 5.10 Å². The third kappa shape index (κ3) is 4.29. The lowest BCUT2D eigenvalue weighted by Crippen LogP contribution is -2.28. The van der Waals surface area contributed by atoms with Crippen LogP contribution >= 0.6 is 11.6 Å². The number of carboxylic acids is 1. The van der Waals surface area contributed by atoms with Crippen LogP contribution in [0.2, 0.25) is 5.02 Å². The number of carbonyl (C=O) groups excluding carboxylic acids is 2. The fraction of sp³-hybridized carbons (Fsp3) is 0.250. The van der Waals surface area contributed by atoms with Crippen molar-refractivity contribution in [2.75, 3.05) is 0 Å². The van der Waals surface area contributed by atoms with E-state index in [2.05, 4.69) is 5.10 Å². The molecule has 2 aromatic carbocycles. The van der Waals surface area contributed by atoms with Crippen LogP contribution in [0, 0.1) is 0 Å². The molecule has 0 saturated heterocycles. The van der Waals surface area contributed by atoms with E-state index in [1.165, 1.54) is 5.01 Å². The summed E-state index contributed by atoms with van der Waals surface area (Å²) in [4.78, 5) is 23.2. The van der Waals surface area contributed by atoms with Crippen molar-refractivity contribution in [1.29, 1.82) is 0 Å². The fourth-order valence-electron chi connectivity index (χ4n) is 2.99. The Morgan fingerprint density at radius 2 is 1.77 bits per heavy atom. The largest absolute Gasteiger partial charge is 0.550 e. The molecule has 1 aliphatic heterocycles. The second-order valence-electron chi connectivity index (χ2n) is 6.15. The summed E-state index contributed by atoms with van der Waals surface area (Å²) in [6.45, 7) is 0. The summed E-state index contributed by atoms with van der Waals surface area (Å²) in [5.41, 5.74) is 2.74. The molecule has 0 radical (unpaired) electrons. The fourth-order valence-corrected chi connectivity index (χ4v) is 3.11. The Kier molecular flexibility index (Phi) is 5.68. The van der Waals surface area contributed by atoms with Gasteiger partial charge in [-0.1, -0.05) is 54.1 Å². The van der Waals surface area contributed by atoms with Gasteiger partial charge in [-0.3, -0.25) is 4.79 Å². The number of nitrogens with zero attached hydrogens (tertiary/aromatic N) is 2. The molecule has 0 fully saturated rings. The van der Waals surface area contributed by atoms with Crippen LogP contribution in [-0.2, 0) is 9.59 Å². The summed E-state index contributed by atoms with van der Waals surface area (Å²) in [7, 11) is 0. The molecule has 5 nitrogen and oxygen atoms in total. The molecule has 0 saturated carbocycles. The highest BCUT2D eigenvalue weighted by Crippen LogP contribution is 2.33. The number of hydrazone groups is 1. The number of rotatable bonds is 6. The monoisotopic (exact) mass is 369 g/mol. The van der Waals surface area contributed by atoms with E-state index < -0.39 is 5.97 Å². The van der Waals surface area contributed by atoms with E-state index in [0.717, 1.165) is 16.8 Å². The molecule has 0 N–H and O–H groups in total. The van der Waals surface area contributed by atoms with Crippen LogP contribution in [0.4, 0.5) is 0 Å². The van der Waals surface area contributed by atoms with Crippen molar-refractivity contribution in [3.63, 3.8) is 0 Å². The molecular formula is C20H18ClN2O3-. The van der Waals surface area contributed by atoms with Crippen LogP contribution < -0.4 is 5.11 Å². The average Bonchev–Trinajstić information content (AvgIpc) is 3.08. The highest BCUT2D eigenvalue weighted by Gasteiger charge is 2.32. The number of halogens is 1. The zero-order valence-corrected chi connectivity index (χ0v) is 14.9. The quantitative estimate of drug-likeness (QED) is 0.785. The minimum Gasteiger partial charge on any atom is -0.550 e. The SMILES string of the molecule is O=C([O-])CCCC(=O)N1N=C(c2ccccc2)C[C@@H]1c1ccc(Cl)cc1. The van der Waals surface area contributed by atoms with Gasteiger partial charge in [0.25, 0.3) is 0 Å². The Morgan fingerprint density at radius 1 is 1.08 bits per heavy atom. The van der Waals surface area contributed by atoms with Crippen molar-refractivity contribution in [2.45, 2.75) is 31.7 Å². The molecule has 134 valence electrons. The molecule has 1 heterocycles. The van der Waals surface area contributed by atoms with E-state index in [9.17, 15) is 14.7 Å². The van der Waals surface area contributed by atoms with Gasteiger partial charge >= 0.3 is 0 Å². The Hall–Kier alpha value is -2.66. The molecule has 0 spiro atoms. The summed E-state index contributed by atoms with van der Waals surface area (Å²) in [6.07, 6.45) is 0.809. The Bertz CT molecular complexity index is 819. The molecule has 0 aliphatic carbocycles. The van der Waals surface area contributed by atoms with Gasteiger partial charge in [-0.25, -0.2) is 5.01 Å². The highest BCUT2D eigenvalue weighted by molar-refractivity contribution is 6.30. The van der Waals surface area contributed by atoms with Crippen LogP contribution in [0.5, 0.6) is 0 Å². The third-order valence-electron chi connectivity index (χ3n) is 4.30. The van der Waals surface area contributed by atoms with Gasteiger partial charge in [0.05, 0.1) is 11.8 Å². The summed E-state index contributed by atoms with van der Waals surface area (Å²) in [6, 6.07) is 16.8. The van der Waals surface area contributed by atoms with Gasteiger partial charge in [-0.15, -0.1) is 0 Å². The summed E-state index contributed by atoms with van der Waals surface area (Å²) in [5, 5.41) is 17.2. The number of carbonyl (C=O) groups is 2. The average molecular weight is 370 g/mol. The van der Waals surface area contributed by atoms with Crippen molar-refractivity contribution in [3.05, 3.63) is 70.7 Å². The van der Waals surface area contributed by atoms with E-state index in [4.69, 9.17) is 11.6 Å². The maximum Gasteiger partial charge on any atom is 0.243 e. The van der Waals surface area contributed by atoms with E-state index in [0.29, 0.717) is 11.4 Å². The smallest absolute Gasteiger partial charge is 0.243 e. The van der Waals surface area contributed by atoms with Crippen molar-refractivity contribution < 1.29 is 14.7 Å². The molecule has 0 aromatic heterocycles. The molecule has 1 aliphatic rings. The standard InChI is InChI=1S/C20H19ClN2O3/c21-16-11-9-15(10-12-16)18-13-17(14-5-2-1-3-6-14)22-23(18)19(24)7-4-8-20(25)26/h1-3,5-6,9-12,18H,4,7-8,13H2,(H,25,26)/p-1/t18-/m1/s1. The zero-order valence-electron chi connectivity index (χ0n) is 14.1. The molecule has 3 rings (SSSR count). The first kappa shape index (κ1) is 18.1. The lowest BCUT2D eigenvalue weighted by Gasteiger charge is -2.22. The van der Waals surface area contributed by atoms with Gasteiger partial charge < -0.3 is 9.90 Å². The van der Waals surface area contributed by atoms with Gasteiger partial charge in [0.2, 0.25) is 5.91 Å². The van der Waals surface area contributed by atoms with Crippen molar-refractivity contribution in [3.8, 4) is 0 Å². The maximum absolute atomic E-state index is 12.6. The number of hydrogen-bond donors (Lipinski definition) is 0. The molecule has 1 amide bonds. The van der Waals surface area contributed by atoms with E-state index in [1.807, 2.05) is 42.5 Å². The first-order valence-electron chi connectivity index (χ1n) is 8.45. The lowest BCUT2D eigenvalue weighted by molar-refractivity contribution is -0.305. The summed E-state index contributed by atoms with van der Waals surface area (Å²) in [5.74, 6) is -1.35. The Labute approximate surface area is 156 Å². The number of hydrogen-bond acceptors (Lipinski definition) is 4. The summed E-state index contributed by atoms with van der Waals surface area (Å²) < 4.78 is 0. The van der Waals surface area contributed by atoms with Crippen LogP contribution in [0.25, 0.3) is 0 Å². The number of benzene rings is 2. The summed E-state index contributed by atoms with van der Waals surface area (Å²) >= 11 is 5.97. The van der Waals surface area contributed by atoms with Crippen LogP contribution in [0.15, 0.2) is 59.7 Å². The van der Waals surface area contributed by atoms with E-state index >= 15 is 0 Å². The van der Waals surface area contributed by atoms with Gasteiger partial charge in [0.1, 0.15) is 0 Å². The van der Waals surface area contributed by atoms with Crippen LogP contribution in [0.3, 0.4) is 0 Å².